The third-order valence-corrected chi connectivity index (χ3v) is 14.2. The number of anilines is 6. The molecule has 0 radical (unpaired) electrons. The summed E-state index contributed by atoms with van der Waals surface area (Å²) in [6.07, 6.45) is 0. The number of hydrogen-bond donors (Lipinski definition) is 0. The molecule has 0 bridgehead atoms. The number of furan rings is 2. The van der Waals surface area contributed by atoms with Crippen LogP contribution in [-0.2, 0) is 0 Å². The van der Waals surface area contributed by atoms with E-state index in [4.69, 9.17) is 8.83 Å². The third-order valence-electron chi connectivity index (χ3n) is 14.2. The Kier molecular flexibility index (Phi) is 9.82. The zero-order chi connectivity index (χ0) is 47.5. The highest BCUT2D eigenvalue weighted by Gasteiger charge is 2.19. The van der Waals surface area contributed by atoms with Crippen molar-refractivity contribution in [3.63, 3.8) is 0 Å². The Bertz CT molecular complexity index is 4030. The average Bonchev–Trinajstić information content (AvgIpc) is 4.01. The first kappa shape index (κ1) is 41.3. The molecule has 0 aliphatic rings. The van der Waals surface area contributed by atoms with Gasteiger partial charge in [0.1, 0.15) is 22.3 Å². The second-order valence-electron chi connectivity index (χ2n) is 18.5. The minimum atomic E-state index is 0.864. The van der Waals surface area contributed by atoms with Crippen LogP contribution in [0.5, 0.6) is 0 Å². The summed E-state index contributed by atoms with van der Waals surface area (Å²) in [6.45, 7) is 0. The number of benzene rings is 12. The van der Waals surface area contributed by atoms with Crippen molar-refractivity contribution in [2.24, 2.45) is 0 Å². The molecule has 0 atom stereocenters. The molecule has 0 unspecified atom stereocenters. The summed E-state index contributed by atoms with van der Waals surface area (Å²) in [6, 6.07) is 95.3. The van der Waals surface area contributed by atoms with Gasteiger partial charge in [-0.3, -0.25) is 0 Å². The van der Waals surface area contributed by atoms with Crippen LogP contribution in [0.4, 0.5) is 34.1 Å². The Balaban J connectivity index is 0.797. The van der Waals surface area contributed by atoms with Crippen molar-refractivity contribution >= 4 is 99.5 Å². The zero-order valence-corrected chi connectivity index (χ0v) is 39.1. The predicted molar refractivity (Wildman–Crippen MR) is 302 cm³/mol. The van der Waals surface area contributed by atoms with Gasteiger partial charge in [0.25, 0.3) is 0 Å². The highest BCUT2D eigenvalue weighted by molar-refractivity contribution is 6.11. The van der Waals surface area contributed by atoms with E-state index in [1.54, 1.807) is 0 Å². The normalized spacial score (nSPS) is 11.6. The second kappa shape index (κ2) is 17.1. The summed E-state index contributed by atoms with van der Waals surface area (Å²) in [4.78, 5) is 4.64. The largest absolute Gasteiger partial charge is 0.456 e. The van der Waals surface area contributed by atoms with Crippen LogP contribution in [0.25, 0.3) is 98.8 Å². The molecule has 2 aromatic heterocycles. The number of hydrogen-bond acceptors (Lipinski definition) is 4. The van der Waals surface area contributed by atoms with Crippen molar-refractivity contribution in [2.45, 2.75) is 0 Å². The van der Waals surface area contributed by atoms with Gasteiger partial charge in [0, 0.05) is 55.7 Å². The standard InChI is InChI=1S/C68H44N2O2/c1-3-17-51(18-4-1)69(55-35-39-67-63(43-55)61-41-49(29-37-65(61)71-67)59-23-11-15-47-13-7-9-21-57(47)59)53-31-25-45(26-32-53)46-27-33-54(34-28-46)70(52-19-5-2-6-20-52)56-36-40-68-64(44-56)62-42-50(30-38-66(62)72-68)60-24-12-16-48-14-8-10-22-58(48)60/h1-44H. The van der Waals surface area contributed by atoms with Gasteiger partial charge in [-0.1, -0.05) is 158 Å². The molecule has 14 rings (SSSR count). The van der Waals surface area contributed by atoms with Crippen molar-refractivity contribution in [3.8, 4) is 33.4 Å². The number of fused-ring (bicyclic) bond motifs is 8. The molecule has 4 nitrogen and oxygen atoms in total. The van der Waals surface area contributed by atoms with Crippen LogP contribution >= 0.6 is 0 Å². The Labute approximate surface area is 416 Å². The van der Waals surface area contributed by atoms with E-state index in [2.05, 4.69) is 277 Å². The highest BCUT2D eigenvalue weighted by atomic mass is 16.3. The molecule has 72 heavy (non-hydrogen) atoms. The van der Waals surface area contributed by atoms with Gasteiger partial charge in [0.05, 0.1) is 0 Å². The first-order chi connectivity index (χ1) is 35.7. The molecule has 0 aliphatic carbocycles. The molecule has 4 heteroatoms. The minimum Gasteiger partial charge on any atom is -0.456 e. The van der Waals surface area contributed by atoms with E-state index in [1.807, 2.05) is 0 Å². The van der Waals surface area contributed by atoms with Crippen LogP contribution in [0.2, 0.25) is 0 Å². The maximum Gasteiger partial charge on any atom is 0.135 e. The lowest BCUT2D eigenvalue weighted by Gasteiger charge is -2.26. The van der Waals surface area contributed by atoms with E-state index < -0.39 is 0 Å². The van der Waals surface area contributed by atoms with Crippen LogP contribution in [0, 0.1) is 0 Å². The maximum absolute atomic E-state index is 6.45. The molecule has 12 aromatic carbocycles. The van der Waals surface area contributed by atoms with E-state index in [9.17, 15) is 0 Å². The van der Waals surface area contributed by atoms with Gasteiger partial charge >= 0.3 is 0 Å². The molecule has 2 heterocycles. The van der Waals surface area contributed by atoms with Gasteiger partial charge in [-0.2, -0.15) is 0 Å². The fourth-order valence-corrected chi connectivity index (χ4v) is 10.8. The van der Waals surface area contributed by atoms with E-state index in [-0.39, 0.29) is 0 Å². The van der Waals surface area contributed by atoms with Crippen molar-refractivity contribution in [2.75, 3.05) is 9.80 Å². The lowest BCUT2D eigenvalue weighted by molar-refractivity contribution is 0.668. The molecule has 0 amide bonds. The van der Waals surface area contributed by atoms with Gasteiger partial charge < -0.3 is 18.6 Å². The molecule has 338 valence electrons. The summed E-state index contributed by atoms with van der Waals surface area (Å²) < 4.78 is 12.9. The monoisotopic (exact) mass is 920 g/mol. The van der Waals surface area contributed by atoms with Crippen LogP contribution < -0.4 is 9.80 Å². The molecule has 0 N–H and O–H groups in total. The molecule has 14 aromatic rings. The summed E-state index contributed by atoms with van der Waals surface area (Å²) in [5.74, 6) is 0. The van der Waals surface area contributed by atoms with Crippen LogP contribution in [0.3, 0.4) is 0 Å². The first-order valence-corrected chi connectivity index (χ1v) is 24.5. The zero-order valence-electron chi connectivity index (χ0n) is 39.1. The Morgan fingerprint density at radius 2 is 0.528 bits per heavy atom. The van der Waals surface area contributed by atoms with Gasteiger partial charge in [0.15, 0.2) is 0 Å². The SMILES string of the molecule is c1ccc(N(c2ccc(-c3ccc(N(c4ccccc4)c4ccc5oc6ccc(-c7cccc8ccccc78)cc6c5c4)cc3)cc2)c2ccc3oc4ccc(-c5cccc6ccccc56)cc4c3c2)cc1. The lowest BCUT2D eigenvalue weighted by Crippen LogP contribution is -2.10. The maximum atomic E-state index is 6.45. The van der Waals surface area contributed by atoms with E-state index >= 15 is 0 Å². The third kappa shape index (κ3) is 7.16. The highest BCUT2D eigenvalue weighted by Crippen LogP contribution is 2.43. The molecule has 0 saturated carbocycles. The van der Waals surface area contributed by atoms with Crippen molar-refractivity contribution < 1.29 is 8.83 Å². The summed E-state index contributed by atoms with van der Waals surface area (Å²) >= 11 is 0. The molecule has 0 aliphatic heterocycles. The minimum absolute atomic E-state index is 0.864. The molecule has 0 fully saturated rings. The Morgan fingerprint density at radius 1 is 0.208 bits per heavy atom. The van der Waals surface area contributed by atoms with Gasteiger partial charge in [-0.15, -0.1) is 0 Å². The summed E-state index contributed by atoms with van der Waals surface area (Å²) in [5.41, 5.74) is 16.9. The first-order valence-electron chi connectivity index (χ1n) is 24.5. The van der Waals surface area contributed by atoms with Crippen molar-refractivity contribution in [1.29, 1.82) is 0 Å². The number of nitrogens with zero attached hydrogens (tertiary/aromatic N) is 2. The van der Waals surface area contributed by atoms with Gasteiger partial charge in [-0.25, -0.2) is 0 Å². The molecule has 0 saturated heterocycles. The van der Waals surface area contributed by atoms with Crippen LogP contribution in [0.15, 0.2) is 276 Å². The smallest absolute Gasteiger partial charge is 0.135 e. The van der Waals surface area contributed by atoms with Crippen LogP contribution in [0.1, 0.15) is 0 Å². The fraction of sp³-hybridized carbons (Fsp3) is 0. The lowest BCUT2D eigenvalue weighted by atomic mass is 9.97. The van der Waals surface area contributed by atoms with Gasteiger partial charge in [0.2, 0.25) is 0 Å². The Morgan fingerprint density at radius 3 is 0.958 bits per heavy atom. The quantitative estimate of drug-likeness (QED) is 0.144. The van der Waals surface area contributed by atoms with Crippen LogP contribution in [-0.4, -0.2) is 0 Å². The van der Waals surface area contributed by atoms with Crippen molar-refractivity contribution in [3.05, 3.63) is 267 Å². The molecule has 0 spiro atoms. The van der Waals surface area contributed by atoms with Gasteiger partial charge in [-0.05, 0) is 164 Å². The average molecular weight is 921 g/mol. The topological polar surface area (TPSA) is 32.8 Å². The summed E-state index contributed by atoms with van der Waals surface area (Å²) in [5, 5.41) is 9.28. The second-order valence-corrected chi connectivity index (χ2v) is 18.5. The van der Waals surface area contributed by atoms with E-state index in [0.29, 0.717) is 0 Å². The summed E-state index contributed by atoms with van der Waals surface area (Å²) in [7, 11) is 0. The van der Waals surface area contributed by atoms with E-state index in [1.165, 1.54) is 43.8 Å². The fourth-order valence-electron chi connectivity index (χ4n) is 10.8. The Hall–Kier alpha value is -9.64. The molecular formula is C68H44N2O2. The number of para-hydroxylation sites is 2. The predicted octanol–water partition coefficient (Wildman–Crippen LogP) is 19.7. The van der Waals surface area contributed by atoms with Crippen molar-refractivity contribution in [1.82, 2.24) is 0 Å². The van der Waals surface area contributed by atoms with E-state index in [0.717, 1.165) is 89.1 Å². The molecular weight excluding hydrogens is 877 g/mol. The number of rotatable bonds is 9.